The monoisotopic (exact) mass is 182 g/mol. The second-order valence-corrected chi connectivity index (χ2v) is 2.65. The third-order valence-corrected chi connectivity index (χ3v) is 1.78. The summed E-state index contributed by atoms with van der Waals surface area (Å²) < 4.78 is 4.98. The maximum atomic E-state index is 5.67. The highest BCUT2D eigenvalue weighted by atomic mass is 16.5. The van der Waals surface area contributed by atoms with Crippen LogP contribution >= 0.6 is 0 Å². The van der Waals surface area contributed by atoms with Gasteiger partial charge in [-0.3, -0.25) is 11.3 Å². The molecule has 0 amide bonds. The molecule has 1 aromatic heterocycles. The molecule has 0 saturated carbocycles. The van der Waals surface area contributed by atoms with Crippen LogP contribution in [0.3, 0.4) is 0 Å². The van der Waals surface area contributed by atoms with Crippen LogP contribution in [0, 0.1) is 0 Å². The van der Waals surface area contributed by atoms with E-state index in [0.717, 1.165) is 5.56 Å². The van der Waals surface area contributed by atoms with Crippen LogP contribution < -0.4 is 17.0 Å². The lowest BCUT2D eigenvalue weighted by atomic mass is 10.1. The van der Waals surface area contributed by atoms with Crippen molar-refractivity contribution in [2.75, 3.05) is 19.5 Å². The normalized spacial score (nSPS) is 12.8. The fourth-order valence-electron chi connectivity index (χ4n) is 1.12. The van der Waals surface area contributed by atoms with Crippen LogP contribution in [-0.2, 0) is 4.74 Å². The number of methoxy groups -OCH3 is 1. The van der Waals surface area contributed by atoms with Crippen molar-refractivity contribution in [1.29, 1.82) is 0 Å². The molecular weight excluding hydrogens is 168 g/mol. The van der Waals surface area contributed by atoms with Gasteiger partial charge in [0.1, 0.15) is 5.82 Å². The van der Waals surface area contributed by atoms with Crippen LogP contribution in [0.4, 0.5) is 5.82 Å². The van der Waals surface area contributed by atoms with Crippen LogP contribution in [0.1, 0.15) is 11.6 Å². The molecule has 5 N–H and O–H groups in total. The van der Waals surface area contributed by atoms with Crippen molar-refractivity contribution >= 4 is 5.82 Å². The standard InChI is InChI=1S/C8H14N4O/c1-13-5-7(12-10)6-3-2-4-11-8(6)9/h2-4,7,12H,5,10H2,1H3,(H2,9,11). The first kappa shape index (κ1) is 9.91. The summed E-state index contributed by atoms with van der Waals surface area (Å²) in [5.41, 5.74) is 9.13. The van der Waals surface area contributed by atoms with Crippen LogP contribution in [-0.4, -0.2) is 18.7 Å². The molecular formula is C8H14N4O. The lowest BCUT2D eigenvalue weighted by molar-refractivity contribution is 0.167. The minimum Gasteiger partial charge on any atom is -0.383 e. The van der Waals surface area contributed by atoms with Gasteiger partial charge in [-0.25, -0.2) is 4.98 Å². The molecule has 1 atom stereocenters. The highest BCUT2D eigenvalue weighted by Crippen LogP contribution is 2.16. The summed E-state index contributed by atoms with van der Waals surface area (Å²) in [6.07, 6.45) is 1.64. The molecule has 0 aliphatic carbocycles. The molecule has 0 fully saturated rings. The minimum absolute atomic E-state index is 0.112. The third-order valence-electron chi connectivity index (χ3n) is 1.78. The molecule has 0 aromatic carbocycles. The number of rotatable bonds is 4. The van der Waals surface area contributed by atoms with E-state index in [2.05, 4.69) is 10.4 Å². The molecule has 0 spiro atoms. The number of nitrogens with two attached hydrogens (primary N) is 2. The largest absolute Gasteiger partial charge is 0.383 e. The van der Waals surface area contributed by atoms with Crippen molar-refractivity contribution in [3.05, 3.63) is 23.9 Å². The van der Waals surface area contributed by atoms with E-state index in [1.165, 1.54) is 0 Å². The summed E-state index contributed by atoms with van der Waals surface area (Å²) in [4.78, 5) is 3.96. The van der Waals surface area contributed by atoms with Gasteiger partial charge in [0.05, 0.1) is 12.6 Å². The Morgan fingerprint density at radius 2 is 2.46 bits per heavy atom. The number of hydrogen-bond acceptors (Lipinski definition) is 5. The maximum absolute atomic E-state index is 5.67. The third kappa shape index (κ3) is 2.38. The lowest BCUT2D eigenvalue weighted by Gasteiger charge is -2.15. The Bertz CT molecular complexity index is 266. The Balaban J connectivity index is 2.84. The van der Waals surface area contributed by atoms with Gasteiger partial charge in [-0.2, -0.15) is 0 Å². The summed E-state index contributed by atoms with van der Waals surface area (Å²) >= 11 is 0. The Morgan fingerprint density at radius 3 is 3.00 bits per heavy atom. The average molecular weight is 182 g/mol. The molecule has 13 heavy (non-hydrogen) atoms. The van der Waals surface area contributed by atoms with Gasteiger partial charge in [-0.05, 0) is 6.07 Å². The number of nitrogens with zero attached hydrogens (tertiary/aromatic N) is 1. The Hall–Kier alpha value is -1.17. The number of hydrazine groups is 1. The molecule has 1 heterocycles. The first-order valence-corrected chi connectivity index (χ1v) is 3.95. The molecule has 0 aliphatic rings. The fraction of sp³-hybridized carbons (Fsp3) is 0.375. The van der Waals surface area contributed by atoms with Crippen molar-refractivity contribution in [1.82, 2.24) is 10.4 Å². The molecule has 5 nitrogen and oxygen atoms in total. The number of anilines is 1. The second-order valence-electron chi connectivity index (χ2n) is 2.65. The van der Waals surface area contributed by atoms with Crippen molar-refractivity contribution in [2.24, 2.45) is 5.84 Å². The van der Waals surface area contributed by atoms with Gasteiger partial charge >= 0.3 is 0 Å². The summed E-state index contributed by atoms with van der Waals surface area (Å²) in [6, 6.07) is 3.57. The van der Waals surface area contributed by atoms with Crippen molar-refractivity contribution in [2.45, 2.75) is 6.04 Å². The first-order valence-electron chi connectivity index (χ1n) is 3.95. The van der Waals surface area contributed by atoms with Crippen LogP contribution in [0.15, 0.2) is 18.3 Å². The Kier molecular flexibility index (Phi) is 3.63. The number of pyridine rings is 1. The van der Waals surface area contributed by atoms with Crippen molar-refractivity contribution in [3.8, 4) is 0 Å². The summed E-state index contributed by atoms with van der Waals surface area (Å²) in [6.45, 7) is 0.465. The van der Waals surface area contributed by atoms with E-state index in [0.29, 0.717) is 12.4 Å². The summed E-state index contributed by atoms with van der Waals surface area (Å²) in [5.74, 6) is 5.82. The minimum atomic E-state index is -0.112. The lowest BCUT2D eigenvalue weighted by Crippen LogP contribution is -2.31. The average Bonchev–Trinajstić information content (AvgIpc) is 2.16. The topological polar surface area (TPSA) is 86.2 Å². The van der Waals surface area contributed by atoms with Gasteiger partial charge in [0, 0.05) is 18.9 Å². The zero-order valence-corrected chi connectivity index (χ0v) is 7.53. The van der Waals surface area contributed by atoms with Gasteiger partial charge in [-0.15, -0.1) is 0 Å². The van der Waals surface area contributed by atoms with E-state index in [1.54, 1.807) is 13.3 Å². The molecule has 0 radical (unpaired) electrons. The molecule has 72 valence electrons. The van der Waals surface area contributed by atoms with E-state index < -0.39 is 0 Å². The van der Waals surface area contributed by atoms with E-state index in [-0.39, 0.29) is 6.04 Å². The predicted octanol–water partition coefficient (Wildman–Crippen LogP) is -0.185. The number of aromatic nitrogens is 1. The first-order chi connectivity index (χ1) is 6.29. The maximum Gasteiger partial charge on any atom is 0.128 e. The smallest absolute Gasteiger partial charge is 0.128 e. The predicted molar refractivity (Wildman–Crippen MR) is 50.6 cm³/mol. The Labute approximate surface area is 77.1 Å². The highest BCUT2D eigenvalue weighted by Gasteiger charge is 2.12. The van der Waals surface area contributed by atoms with Crippen LogP contribution in [0.25, 0.3) is 0 Å². The molecule has 0 aliphatic heterocycles. The summed E-state index contributed by atoms with van der Waals surface area (Å²) in [7, 11) is 1.61. The van der Waals surface area contributed by atoms with Gasteiger partial charge in [-0.1, -0.05) is 6.07 Å². The highest BCUT2D eigenvalue weighted by molar-refractivity contribution is 5.40. The molecule has 1 aromatic rings. The van der Waals surface area contributed by atoms with E-state index in [4.69, 9.17) is 16.3 Å². The number of nitrogen functional groups attached to an aromatic ring is 1. The number of nitrogens with one attached hydrogen (secondary N) is 1. The summed E-state index contributed by atoms with van der Waals surface area (Å²) in [5, 5.41) is 0. The zero-order valence-electron chi connectivity index (χ0n) is 7.53. The fourth-order valence-corrected chi connectivity index (χ4v) is 1.12. The quantitative estimate of drug-likeness (QED) is 0.444. The van der Waals surface area contributed by atoms with Gasteiger partial charge in [0.2, 0.25) is 0 Å². The number of hydrogen-bond donors (Lipinski definition) is 3. The van der Waals surface area contributed by atoms with E-state index in [1.807, 2.05) is 12.1 Å². The molecule has 1 rings (SSSR count). The number of ether oxygens (including phenoxy) is 1. The van der Waals surface area contributed by atoms with E-state index in [9.17, 15) is 0 Å². The van der Waals surface area contributed by atoms with Crippen molar-refractivity contribution < 1.29 is 4.74 Å². The molecule has 1 unspecified atom stereocenters. The van der Waals surface area contributed by atoms with Gasteiger partial charge in [0.15, 0.2) is 0 Å². The van der Waals surface area contributed by atoms with Crippen molar-refractivity contribution in [3.63, 3.8) is 0 Å². The second kappa shape index (κ2) is 4.76. The molecule has 0 saturated heterocycles. The van der Waals surface area contributed by atoms with Crippen LogP contribution in [0.2, 0.25) is 0 Å². The zero-order chi connectivity index (χ0) is 9.68. The van der Waals surface area contributed by atoms with Gasteiger partial charge in [0.25, 0.3) is 0 Å². The van der Waals surface area contributed by atoms with E-state index >= 15 is 0 Å². The molecule has 5 heteroatoms. The van der Waals surface area contributed by atoms with Gasteiger partial charge < -0.3 is 10.5 Å². The SMILES string of the molecule is COCC(NN)c1cccnc1N. The molecule has 0 bridgehead atoms. The van der Waals surface area contributed by atoms with Crippen LogP contribution in [0.5, 0.6) is 0 Å². The Morgan fingerprint density at radius 1 is 1.69 bits per heavy atom.